The highest BCUT2D eigenvalue weighted by Crippen LogP contribution is 2.53. The monoisotopic (exact) mass is 940 g/mol. The lowest BCUT2D eigenvalue weighted by Gasteiger charge is -2.27. The van der Waals surface area contributed by atoms with E-state index in [-0.39, 0.29) is 17.2 Å². The van der Waals surface area contributed by atoms with Crippen LogP contribution in [-0.2, 0) is 42.0 Å². The third-order valence-electron chi connectivity index (χ3n) is 13.6. The fourth-order valence-electron chi connectivity index (χ4n) is 9.97. The first kappa shape index (κ1) is 50.7. The van der Waals surface area contributed by atoms with Gasteiger partial charge < -0.3 is 23.9 Å². The van der Waals surface area contributed by atoms with Gasteiger partial charge in [-0.1, -0.05) is 55.8 Å². The fraction of sp³-hybridized carbons (Fsp3) is 0.472. The van der Waals surface area contributed by atoms with Crippen LogP contribution in [0.4, 0.5) is 11.4 Å². The molecule has 6 rings (SSSR count). The van der Waals surface area contributed by atoms with Crippen molar-refractivity contribution in [1.82, 2.24) is 0 Å². The topological polar surface area (TPSA) is 144 Å². The highest BCUT2D eigenvalue weighted by molar-refractivity contribution is 7.90. The molecule has 11 nitrogen and oxygen atoms in total. The second-order valence-corrected chi connectivity index (χ2v) is 25.0. The summed E-state index contributed by atoms with van der Waals surface area (Å²) in [7, 11) is 5.05. The van der Waals surface area contributed by atoms with Crippen molar-refractivity contribution in [2.24, 2.45) is 0 Å². The molecule has 0 amide bonds. The predicted molar refractivity (Wildman–Crippen MR) is 264 cm³/mol. The normalized spacial score (nSPS) is 19.8. The number of rotatable bonds is 18. The molecule has 0 radical (unpaired) electrons. The largest absolute Gasteiger partial charge is 0.744 e. The van der Waals surface area contributed by atoms with E-state index in [0.717, 1.165) is 111 Å². The van der Waals surface area contributed by atoms with Gasteiger partial charge in [0.1, 0.15) is 10.1 Å². The number of anilines is 1. The van der Waals surface area contributed by atoms with E-state index in [2.05, 4.69) is 104 Å². The van der Waals surface area contributed by atoms with Gasteiger partial charge >= 0.3 is 5.97 Å². The molecular weight excluding hydrogens is 869 g/mol. The number of nitrogens with one attached hydrogen (secondary N) is 1. The van der Waals surface area contributed by atoms with Gasteiger partial charge in [-0.2, -0.15) is 4.58 Å². The van der Waals surface area contributed by atoms with Gasteiger partial charge in [0.15, 0.2) is 22.1 Å². The summed E-state index contributed by atoms with van der Waals surface area (Å²) >= 11 is 0. The number of quaternary nitrogens is 2. The Labute approximate surface area is 394 Å². The minimum atomic E-state index is -4.66. The standard InChI is InChI=1S/C53H70N4O7S2/c1-52(2)45(43(17-13-33-56(5,6)7)44-27-25-41(35-46(44)52)65(11,60)61)28-21-38-15-12-16-39(51(38)54-40-23-18-37(19-24-40)20-31-50(58)59)22-30-49-53(3,4)47-36-42(66(62,63)64)26-29-48(47)55(49)32-14-34-57(8,9)10/h18-19,21-30,35-36,43H,12-17,20,31-34H2,1-11H3/p+2/b38-21+,45-28-. The van der Waals surface area contributed by atoms with E-state index in [4.69, 9.17) is 0 Å². The Kier molecular flexibility index (Phi) is 14.7. The van der Waals surface area contributed by atoms with Crippen molar-refractivity contribution in [3.63, 3.8) is 0 Å². The van der Waals surface area contributed by atoms with E-state index >= 15 is 0 Å². The molecule has 2 aliphatic carbocycles. The van der Waals surface area contributed by atoms with Gasteiger partial charge in [0.2, 0.25) is 5.69 Å². The molecule has 356 valence electrons. The van der Waals surface area contributed by atoms with Crippen LogP contribution in [0.25, 0.3) is 0 Å². The van der Waals surface area contributed by atoms with Crippen LogP contribution in [0.2, 0.25) is 0 Å². The zero-order valence-electron chi connectivity index (χ0n) is 41.0. The number of fused-ring (bicyclic) bond motifs is 2. The minimum absolute atomic E-state index is 0.0555. The van der Waals surface area contributed by atoms with Crippen LogP contribution < -0.4 is 5.32 Å². The summed E-state index contributed by atoms with van der Waals surface area (Å²) < 4.78 is 66.2. The third kappa shape index (κ3) is 11.9. The zero-order valence-corrected chi connectivity index (χ0v) is 42.6. The van der Waals surface area contributed by atoms with Gasteiger partial charge in [-0.25, -0.2) is 16.8 Å². The Morgan fingerprint density at radius 2 is 1.45 bits per heavy atom. The van der Waals surface area contributed by atoms with E-state index in [1.54, 1.807) is 18.2 Å². The Balaban J connectivity index is 1.48. The van der Waals surface area contributed by atoms with Crippen LogP contribution in [0.15, 0.2) is 117 Å². The highest BCUT2D eigenvalue weighted by atomic mass is 32.2. The number of carbonyl (C=O) groups is 1. The number of aliphatic carboxylic acids is 1. The van der Waals surface area contributed by atoms with Crippen LogP contribution in [0, 0.1) is 0 Å². The number of aryl methyl sites for hydroxylation is 1. The summed E-state index contributed by atoms with van der Waals surface area (Å²) in [5, 5.41) is 13.1. The summed E-state index contributed by atoms with van der Waals surface area (Å²) in [4.78, 5) is 11.4. The van der Waals surface area contributed by atoms with Crippen LogP contribution in [0.1, 0.15) is 101 Å². The number of carboxylic acid groups (broad SMARTS) is 1. The number of sulfone groups is 1. The van der Waals surface area contributed by atoms with E-state index < -0.39 is 36.8 Å². The number of hydrogen-bond donors (Lipinski definition) is 2. The maximum atomic E-state index is 12.8. The SMILES string of the molecule is CC1(C)C(/C=C/C2=C(Nc3ccc(CCC(=O)O)cc3)C(=C/C=C3/C(CCC[N+](C)(C)C)c4ccc(S(C)(=O)=O)cc4C3(C)C)/CCC2)=[N+](CCC[N+](C)(C)C)c2ccc(S(=O)(=O)[O-])cc21. The Hall–Kier alpha value is -4.66. The lowest BCUT2D eigenvalue weighted by molar-refractivity contribution is -0.871. The van der Waals surface area contributed by atoms with E-state index in [1.165, 1.54) is 23.5 Å². The van der Waals surface area contributed by atoms with Crippen LogP contribution in [-0.4, -0.2) is 120 Å². The smallest absolute Gasteiger partial charge is 0.303 e. The van der Waals surface area contributed by atoms with Crippen LogP contribution in [0.3, 0.4) is 0 Å². The second-order valence-electron chi connectivity index (χ2n) is 21.6. The Morgan fingerprint density at radius 3 is 2.08 bits per heavy atom. The molecule has 3 aromatic rings. The summed E-state index contributed by atoms with van der Waals surface area (Å²) in [6.07, 6.45) is 16.1. The Bertz CT molecular complexity index is 2740. The van der Waals surface area contributed by atoms with Gasteiger partial charge in [0, 0.05) is 53.1 Å². The molecule has 1 aliphatic heterocycles. The molecule has 3 aliphatic rings. The average molecular weight is 941 g/mol. The van der Waals surface area contributed by atoms with Crippen molar-refractivity contribution in [1.29, 1.82) is 0 Å². The van der Waals surface area contributed by atoms with Crippen LogP contribution >= 0.6 is 0 Å². The highest BCUT2D eigenvalue weighted by Gasteiger charge is 2.45. The lowest BCUT2D eigenvalue weighted by Crippen LogP contribution is -2.36. The maximum absolute atomic E-state index is 12.8. The zero-order chi connectivity index (χ0) is 48.6. The number of allylic oxidation sites excluding steroid dienone is 7. The van der Waals surface area contributed by atoms with Gasteiger partial charge in [-0.3, -0.25) is 4.79 Å². The summed E-state index contributed by atoms with van der Waals surface area (Å²) in [5.74, 6) is -0.712. The van der Waals surface area contributed by atoms with Crippen molar-refractivity contribution in [2.45, 2.75) is 106 Å². The Morgan fingerprint density at radius 1 is 0.818 bits per heavy atom. The van der Waals surface area contributed by atoms with Crippen molar-refractivity contribution in [3.8, 4) is 0 Å². The second kappa shape index (κ2) is 19.1. The van der Waals surface area contributed by atoms with Crippen molar-refractivity contribution < 1.29 is 44.8 Å². The average Bonchev–Trinajstić information content (AvgIpc) is 3.55. The molecule has 0 saturated heterocycles. The number of hydrogen-bond acceptors (Lipinski definition) is 7. The molecule has 1 atom stereocenters. The molecule has 0 bridgehead atoms. The van der Waals surface area contributed by atoms with Gasteiger partial charge in [0.25, 0.3) is 0 Å². The number of carboxylic acids is 1. The first-order valence-electron chi connectivity index (χ1n) is 23.2. The minimum Gasteiger partial charge on any atom is -0.744 e. The molecule has 66 heavy (non-hydrogen) atoms. The molecular formula is C53H72N4O7S2+2. The van der Waals surface area contributed by atoms with E-state index in [1.807, 2.05) is 36.4 Å². The van der Waals surface area contributed by atoms with Gasteiger partial charge in [-0.15, -0.1) is 0 Å². The molecule has 0 aromatic heterocycles. The third-order valence-corrected chi connectivity index (χ3v) is 15.5. The summed E-state index contributed by atoms with van der Waals surface area (Å²) in [6, 6.07) is 18.4. The van der Waals surface area contributed by atoms with Crippen molar-refractivity contribution in [3.05, 3.63) is 130 Å². The van der Waals surface area contributed by atoms with E-state index in [0.29, 0.717) is 17.9 Å². The van der Waals surface area contributed by atoms with Crippen molar-refractivity contribution >= 4 is 43.0 Å². The van der Waals surface area contributed by atoms with Gasteiger partial charge in [0.05, 0.1) is 77.0 Å². The van der Waals surface area contributed by atoms with Gasteiger partial charge in [-0.05, 0) is 117 Å². The molecule has 0 saturated carbocycles. The molecule has 2 N–H and O–H groups in total. The predicted octanol–water partition coefficient (Wildman–Crippen LogP) is 9.00. The molecule has 1 unspecified atom stereocenters. The number of benzene rings is 3. The van der Waals surface area contributed by atoms with E-state index in [9.17, 15) is 31.3 Å². The first-order chi connectivity index (χ1) is 30.6. The first-order valence-corrected chi connectivity index (χ1v) is 26.5. The number of nitrogens with zero attached hydrogens (tertiary/aromatic N) is 3. The van der Waals surface area contributed by atoms with Crippen molar-refractivity contribution in [2.75, 3.05) is 73.5 Å². The molecule has 3 aromatic carbocycles. The summed E-state index contributed by atoms with van der Waals surface area (Å²) in [6.45, 7) is 11.2. The summed E-state index contributed by atoms with van der Waals surface area (Å²) in [5.41, 5.74) is 10.3. The molecule has 0 spiro atoms. The fourth-order valence-corrected chi connectivity index (χ4v) is 11.1. The van der Waals surface area contributed by atoms with Crippen LogP contribution in [0.5, 0.6) is 0 Å². The molecule has 13 heteroatoms. The lowest BCUT2D eigenvalue weighted by atomic mass is 9.79. The quantitative estimate of drug-likeness (QED) is 0.0731. The molecule has 1 heterocycles. The maximum Gasteiger partial charge on any atom is 0.303 e. The molecule has 0 fully saturated rings.